The van der Waals surface area contributed by atoms with Crippen molar-refractivity contribution in [1.29, 1.82) is 0 Å². The number of rotatable bonds is 5. The molecule has 2 aromatic heterocycles. The minimum absolute atomic E-state index is 0.0925. The van der Waals surface area contributed by atoms with Gasteiger partial charge in [0.2, 0.25) is 0 Å². The Balaban J connectivity index is 0.000000451. The standard InChI is InChI=1S/C18H21N5O2.C2HF3O2/c1-21(2)8-9-23-12-14(11-19-23)17(24)20-15-5-4-13-6-7-22(3)18(25)16(13)10-15;3-2(4,5)1(6)7/h4-7,10-12H,8-9H2,1-3H3,(H,20,24);(H,6,7). The minimum atomic E-state index is -5.08. The second-order valence-corrected chi connectivity index (χ2v) is 7.09. The van der Waals surface area contributed by atoms with Gasteiger partial charge in [0.05, 0.1) is 18.3 Å². The van der Waals surface area contributed by atoms with E-state index in [0.29, 0.717) is 23.2 Å². The molecule has 0 aliphatic rings. The molecule has 1 amide bonds. The first-order valence-corrected chi connectivity index (χ1v) is 9.26. The zero-order valence-corrected chi connectivity index (χ0v) is 17.6. The van der Waals surface area contributed by atoms with E-state index in [1.54, 1.807) is 42.5 Å². The smallest absolute Gasteiger partial charge is 0.475 e. The van der Waals surface area contributed by atoms with Crippen molar-refractivity contribution in [3.8, 4) is 0 Å². The number of aliphatic carboxylic acids is 1. The van der Waals surface area contributed by atoms with Gasteiger partial charge in [0.25, 0.3) is 11.5 Å². The molecule has 9 nitrogen and oxygen atoms in total. The number of likely N-dealkylation sites (N-methyl/N-ethyl adjacent to an activating group) is 1. The van der Waals surface area contributed by atoms with Gasteiger partial charge in [-0.25, -0.2) is 4.79 Å². The first-order valence-electron chi connectivity index (χ1n) is 9.26. The lowest BCUT2D eigenvalue weighted by atomic mass is 10.1. The number of pyridine rings is 1. The number of hydrogen-bond donors (Lipinski definition) is 2. The Bertz CT molecular complexity index is 1170. The summed E-state index contributed by atoms with van der Waals surface area (Å²) >= 11 is 0. The number of aromatic nitrogens is 3. The zero-order chi connectivity index (χ0) is 24.1. The molecule has 172 valence electrons. The van der Waals surface area contributed by atoms with E-state index in [2.05, 4.69) is 15.3 Å². The maximum atomic E-state index is 12.4. The van der Waals surface area contributed by atoms with E-state index in [1.165, 1.54) is 4.57 Å². The summed E-state index contributed by atoms with van der Waals surface area (Å²) in [5.41, 5.74) is 0.978. The number of nitrogens with zero attached hydrogens (tertiary/aromatic N) is 4. The van der Waals surface area contributed by atoms with Crippen LogP contribution in [0.25, 0.3) is 10.8 Å². The highest BCUT2D eigenvalue weighted by Crippen LogP contribution is 2.17. The number of halogens is 3. The molecule has 3 aromatic rings. The van der Waals surface area contributed by atoms with E-state index in [9.17, 15) is 22.8 Å². The topological polar surface area (TPSA) is 109 Å². The molecular weight excluding hydrogens is 431 g/mol. The predicted molar refractivity (Wildman–Crippen MR) is 112 cm³/mol. The molecular formula is C20H22F3N5O4. The Morgan fingerprint density at radius 3 is 2.47 bits per heavy atom. The lowest BCUT2D eigenvalue weighted by Gasteiger charge is -2.08. The summed E-state index contributed by atoms with van der Waals surface area (Å²) in [6.07, 6.45) is -0.0883. The number of benzene rings is 1. The lowest BCUT2D eigenvalue weighted by molar-refractivity contribution is -0.192. The van der Waals surface area contributed by atoms with Crippen LogP contribution in [0.5, 0.6) is 0 Å². The summed E-state index contributed by atoms with van der Waals surface area (Å²) in [4.78, 5) is 35.5. The Morgan fingerprint density at radius 1 is 1.22 bits per heavy atom. The first kappa shape index (κ1) is 24.6. The Labute approximate surface area is 180 Å². The van der Waals surface area contributed by atoms with E-state index >= 15 is 0 Å². The number of amides is 1. The molecule has 0 bridgehead atoms. The van der Waals surface area contributed by atoms with Gasteiger partial charge < -0.3 is 19.9 Å². The van der Waals surface area contributed by atoms with Crippen molar-refractivity contribution in [2.75, 3.05) is 26.0 Å². The van der Waals surface area contributed by atoms with E-state index in [4.69, 9.17) is 9.90 Å². The van der Waals surface area contributed by atoms with Crippen LogP contribution in [0.1, 0.15) is 10.4 Å². The fourth-order valence-corrected chi connectivity index (χ4v) is 2.52. The number of carbonyl (C=O) groups is 2. The van der Waals surface area contributed by atoms with Crippen molar-refractivity contribution >= 4 is 28.3 Å². The highest BCUT2D eigenvalue weighted by atomic mass is 19.4. The number of aryl methyl sites for hydroxylation is 1. The molecule has 12 heteroatoms. The van der Waals surface area contributed by atoms with Crippen molar-refractivity contribution in [3.63, 3.8) is 0 Å². The van der Waals surface area contributed by atoms with E-state index in [-0.39, 0.29) is 11.5 Å². The van der Waals surface area contributed by atoms with Gasteiger partial charge in [-0.2, -0.15) is 18.3 Å². The Hall–Kier alpha value is -3.67. The van der Waals surface area contributed by atoms with Crippen LogP contribution in [0.4, 0.5) is 18.9 Å². The highest BCUT2D eigenvalue weighted by molar-refractivity contribution is 6.04. The predicted octanol–water partition coefficient (Wildman–Crippen LogP) is 2.18. The zero-order valence-electron chi connectivity index (χ0n) is 17.6. The second-order valence-electron chi connectivity index (χ2n) is 7.09. The first-order chi connectivity index (χ1) is 14.9. The summed E-state index contributed by atoms with van der Waals surface area (Å²) in [6.45, 7) is 1.56. The van der Waals surface area contributed by atoms with E-state index < -0.39 is 12.1 Å². The molecule has 0 radical (unpaired) electrons. The monoisotopic (exact) mass is 453 g/mol. The van der Waals surface area contributed by atoms with Gasteiger partial charge >= 0.3 is 12.1 Å². The van der Waals surface area contributed by atoms with Crippen LogP contribution in [0.3, 0.4) is 0 Å². The second kappa shape index (κ2) is 10.1. The van der Waals surface area contributed by atoms with Crippen molar-refractivity contribution < 1.29 is 27.9 Å². The van der Waals surface area contributed by atoms with Gasteiger partial charge in [0.15, 0.2) is 0 Å². The van der Waals surface area contributed by atoms with E-state index in [0.717, 1.165) is 11.9 Å². The number of fused-ring (bicyclic) bond motifs is 1. The molecule has 1 aromatic carbocycles. The molecule has 0 aliphatic heterocycles. The molecule has 3 rings (SSSR count). The van der Waals surface area contributed by atoms with Crippen LogP contribution >= 0.6 is 0 Å². The lowest BCUT2D eigenvalue weighted by Crippen LogP contribution is -2.21. The highest BCUT2D eigenvalue weighted by Gasteiger charge is 2.38. The van der Waals surface area contributed by atoms with Gasteiger partial charge in [0, 0.05) is 37.1 Å². The van der Waals surface area contributed by atoms with Crippen LogP contribution in [0, 0.1) is 0 Å². The average molecular weight is 453 g/mol. The molecule has 0 unspecified atom stereocenters. The summed E-state index contributed by atoms with van der Waals surface area (Å²) in [6, 6.07) is 7.19. The normalized spacial score (nSPS) is 11.2. The molecule has 2 heterocycles. The molecule has 0 saturated heterocycles. The fraction of sp³-hybridized carbons (Fsp3) is 0.300. The number of alkyl halides is 3. The number of carboxylic acid groups (broad SMARTS) is 1. The Morgan fingerprint density at radius 2 is 1.88 bits per heavy atom. The summed E-state index contributed by atoms with van der Waals surface area (Å²) < 4.78 is 35.0. The van der Waals surface area contributed by atoms with Crippen molar-refractivity contribution in [3.05, 3.63) is 58.8 Å². The molecule has 0 atom stereocenters. The van der Waals surface area contributed by atoms with Crippen LogP contribution in [-0.2, 0) is 18.4 Å². The molecule has 0 saturated carbocycles. The fourth-order valence-electron chi connectivity index (χ4n) is 2.52. The van der Waals surface area contributed by atoms with Gasteiger partial charge in [-0.3, -0.25) is 14.3 Å². The van der Waals surface area contributed by atoms with Gasteiger partial charge in [-0.05, 0) is 37.7 Å². The third-order valence-corrected chi connectivity index (χ3v) is 4.25. The maximum absolute atomic E-state index is 12.4. The van der Waals surface area contributed by atoms with Gasteiger partial charge in [-0.15, -0.1) is 0 Å². The van der Waals surface area contributed by atoms with Gasteiger partial charge in [0.1, 0.15) is 0 Å². The molecule has 0 spiro atoms. The largest absolute Gasteiger partial charge is 0.490 e. The maximum Gasteiger partial charge on any atom is 0.490 e. The number of anilines is 1. The van der Waals surface area contributed by atoms with Crippen molar-refractivity contribution in [2.24, 2.45) is 7.05 Å². The summed E-state index contributed by atoms with van der Waals surface area (Å²) in [5, 5.41) is 15.6. The number of hydrogen-bond acceptors (Lipinski definition) is 5. The van der Waals surface area contributed by atoms with Crippen LogP contribution < -0.4 is 10.9 Å². The van der Waals surface area contributed by atoms with Crippen molar-refractivity contribution in [1.82, 2.24) is 19.2 Å². The summed E-state index contributed by atoms with van der Waals surface area (Å²) in [5.74, 6) is -3.00. The quantitative estimate of drug-likeness (QED) is 0.613. The third-order valence-electron chi connectivity index (χ3n) is 4.25. The van der Waals surface area contributed by atoms with Crippen LogP contribution in [0.15, 0.2) is 47.7 Å². The average Bonchev–Trinajstić information content (AvgIpc) is 3.18. The number of carbonyl (C=O) groups excluding carboxylic acids is 1. The van der Waals surface area contributed by atoms with Crippen LogP contribution in [-0.4, -0.2) is 63.0 Å². The molecule has 2 N–H and O–H groups in total. The third kappa shape index (κ3) is 6.67. The minimum Gasteiger partial charge on any atom is -0.475 e. The number of carboxylic acids is 1. The molecule has 32 heavy (non-hydrogen) atoms. The van der Waals surface area contributed by atoms with Gasteiger partial charge in [-0.1, -0.05) is 6.07 Å². The number of nitrogens with one attached hydrogen (secondary N) is 1. The van der Waals surface area contributed by atoms with Crippen LogP contribution in [0.2, 0.25) is 0 Å². The van der Waals surface area contributed by atoms with Crippen molar-refractivity contribution in [2.45, 2.75) is 12.7 Å². The Kier molecular flexibility index (Phi) is 7.76. The SMILES string of the molecule is CN(C)CCn1cc(C(=O)Nc2ccc3ccn(C)c(=O)c3c2)cn1.O=C(O)C(F)(F)F. The van der Waals surface area contributed by atoms with E-state index in [1.807, 2.05) is 26.2 Å². The molecule has 0 fully saturated rings. The summed E-state index contributed by atoms with van der Waals surface area (Å²) in [7, 11) is 5.68. The molecule has 0 aliphatic carbocycles.